The molecule has 0 atom stereocenters. The lowest BCUT2D eigenvalue weighted by Crippen LogP contribution is -2.31. The molecule has 0 spiro atoms. The Balaban J connectivity index is 2.16. The third kappa shape index (κ3) is 2.48. The molecule has 0 radical (unpaired) electrons. The number of rotatable bonds is 4. The van der Waals surface area contributed by atoms with Gasteiger partial charge >= 0.3 is 0 Å². The van der Waals surface area contributed by atoms with Crippen LogP contribution in [0.1, 0.15) is 12.8 Å². The van der Waals surface area contributed by atoms with Crippen molar-refractivity contribution >= 4 is 5.91 Å². The molecule has 1 aliphatic rings. The van der Waals surface area contributed by atoms with E-state index in [2.05, 4.69) is 4.84 Å². The van der Waals surface area contributed by atoms with Crippen LogP contribution in [0.15, 0.2) is 0 Å². The van der Waals surface area contributed by atoms with E-state index in [1.807, 2.05) is 0 Å². The van der Waals surface area contributed by atoms with E-state index in [0.29, 0.717) is 13.2 Å². The van der Waals surface area contributed by atoms with Crippen molar-refractivity contribution in [3.8, 4) is 0 Å². The molecule has 4 nitrogen and oxygen atoms in total. The van der Waals surface area contributed by atoms with E-state index in [1.165, 1.54) is 0 Å². The second kappa shape index (κ2) is 3.69. The number of carbonyl (C=O) groups excluding carboxylic acids is 1. The quantitative estimate of drug-likeness (QED) is 0.574. The van der Waals surface area contributed by atoms with Gasteiger partial charge in [-0.3, -0.25) is 4.79 Å². The monoisotopic (exact) mass is 158 g/mol. The number of nitrogens with two attached hydrogens (primary N) is 1. The van der Waals surface area contributed by atoms with E-state index in [1.54, 1.807) is 11.9 Å². The predicted octanol–water partition coefficient (Wildman–Crippen LogP) is -0.255. The van der Waals surface area contributed by atoms with E-state index in [-0.39, 0.29) is 11.8 Å². The molecule has 1 fully saturated rings. The number of hydrogen-bond acceptors (Lipinski definition) is 3. The Morgan fingerprint density at radius 3 is 2.82 bits per heavy atom. The normalized spacial score (nSPS) is 16.5. The molecule has 1 rings (SSSR count). The molecule has 0 aliphatic heterocycles. The summed E-state index contributed by atoms with van der Waals surface area (Å²) in [5.74, 6) is 5.34. The number of hydrogen-bond donors (Lipinski definition) is 1. The molecule has 0 aromatic heterocycles. The maximum absolute atomic E-state index is 11.2. The van der Waals surface area contributed by atoms with Crippen LogP contribution in [0, 0.1) is 5.92 Å². The first-order chi connectivity index (χ1) is 5.25. The van der Waals surface area contributed by atoms with Crippen LogP contribution in [-0.2, 0) is 9.63 Å². The molecule has 1 saturated carbocycles. The molecule has 4 heteroatoms. The number of amides is 1. The van der Waals surface area contributed by atoms with Gasteiger partial charge in [0.15, 0.2) is 0 Å². The first-order valence-corrected chi connectivity index (χ1v) is 3.82. The Morgan fingerprint density at radius 2 is 2.36 bits per heavy atom. The number of carbonyl (C=O) groups is 1. The fourth-order valence-corrected chi connectivity index (χ4v) is 0.942. The Hall–Kier alpha value is -0.610. The van der Waals surface area contributed by atoms with Crippen LogP contribution in [0.4, 0.5) is 0 Å². The fraction of sp³-hybridized carbons (Fsp3) is 0.857. The van der Waals surface area contributed by atoms with Crippen molar-refractivity contribution in [2.24, 2.45) is 11.8 Å². The van der Waals surface area contributed by atoms with Gasteiger partial charge in [0, 0.05) is 19.5 Å². The summed E-state index contributed by atoms with van der Waals surface area (Å²) in [6.45, 7) is 1.00. The van der Waals surface area contributed by atoms with Gasteiger partial charge in [0.25, 0.3) is 0 Å². The smallest absolute Gasteiger partial charge is 0.225 e. The maximum atomic E-state index is 11.2. The molecule has 0 unspecified atom stereocenters. The third-order valence-electron chi connectivity index (χ3n) is 1.85. The number of nitrogens with zero attached hydrogens (tertiary/aromatic N) is 1. The van der Waals surface area contributed by atoms with Crippen molar-refractivity contribution in [1.82, 2.24) is 4.90 Å². The lowest BCUT2D eigenvalue weighted by molar-refractivity contribution is -0.131. The molecule has 1 amide bonds. The van der Waals surface area contributed by atoms with Gasteiger partial charge in [-0.1, -0.05) is 0 Å². The standard InChI is InChI=1S/C7H14N2O2/c1-9(4-5-11-8)7(10)6-2-3-6/h6H,2-5,8H2,1H3. The first-order valence-electron chi connectivity index (χ1n) is 3.82. The lowest BCUT2D eigenvalue weighted by Gasteiger charge is -2.15. The van der Waals surface area contributed by atoms with Crippen molar-refractivity contribution in [2.75, 3.05) is 20.2 Å². The SMILES string of the molecule is CN(CCON)C(=O)C1CC1. The summed E-state index contributed by atoms with van der Waals surface area (Å²) >= 11 is 0. The molecule has 0 saturated heterocycles. The van der Waals surface area contributed by atoms with Crippen molar-refractivity contribution in [1.29, 1.82) is 0 Å². The van der Waals surface area contributed by atoms with Crippen LogP contribution in [0.2, 0.25) is 0 Å². The van der Waals surface area contributed by atoms with E-state index in [0.717, 1.165) is 12.8 Å². The highest BCUT2D eigenvalue weighted by Gasteiger charge is 2.31. The van der Waals surface area contributed by atoms with Crippen molar-refractivity contribution in [3.05, 3.63) is 0 Å². The second-order valence-corrected chi connectivity index (χ2v) is 2.90. The highest BCUT2D eigenvalue weighted by Crippen LogP contribution is 2.30. The first kappa shape index (κ1) is 8.49. The maximum Gasteiger partial charge on any atom is 0.225 e. The molecule has 64 valence electrons. The van der Waals surface area contributed by atoms with Gasteiger partial charge in [-0.15, -0.1) is 0 Å². The van der Waals surface area contributed by atoms with Gasteiger partial charge in [0.1, 0.15) is 0 Å². The molecule has 0 heterocycles. The molecule has 0 aromatic rings. The van der Waals surface area contributed by atoms with Crippen LogP contribution >= 0.6 is 0 Å². The van der Waals surface area contributed by atoms with E-state index >= 15 is 0 Å². The summed E-state index contributed by atoms with van der Waals surface area (Å²) in [6.07, 6.45) is 2.10. The average Bonchev–Trinajstić information content (AvgIpc) is 2.81. The van der Waals surface area contributed by atoms with Gasteiger partial charge in [-0.2, -0.15) is 0 Å². The van der Waals surface area contributed by atoms with Gasteiger partial charge in [0.2, 0.25) is 5.91 Å². The van der Waals surface area contributed by atoms with E-state index in [9.17, 15) is 4.79 Å². The Labute approximate surface area is 66.3 Å². The molecule has 1 aliphatic carbocycles. The largest absolute Gasteiger partial charge is 0.343 e. The van der Waals surface area contributed by atoms with Gasteiger partial charge < -0.3 is 9.74 Å². The van der Waals surface area contributed by atoms with Crippen molar-refractivity contribution in [3.63, 3.8) is 0 Å². The van der Waals surface area contributed by atoms with Gasteiger partial charge in [-0.25, -0.2) is 5.90 Å². The zero-order valence-electron chi connectivity index (χ0n) is 6.75. The molecule has 11 heavy (non-hydrogen) atoms. The van der Waals surface area contributed by atoms with Crippen LogP contribution in [0.25, 0.3) is 0 Å². The van der Waals surface area contributed by atoms with Crippen LogP contribution < -0.4 is 5.90 Å². The summed E-state index contributed by atoms with van der Waals surface area (Å²) in [6, 6.07) is 0. The van der Waals surface area contributed by atoms with Crippen LogP contribution in [-0.4, -0.2) is 31.0 Å². The summed E-state index contributed by atoms with van der Waals surface area (Å²) in [4.78, 5) is 17.3. The third-order valence-corrected chi connectivity index (χ3v) is 1.85. The van der Waals surface area contributed by atoms with E-state index < -0.39 is 0 Å². The highest BCUT2D eigenvalue weighted by atomic mass is 16.6. The van der Waals surface area contributed by atoms with Gasteiger partial charge in [0.05, 0.1) is 6.61 Å². The Kier molecular flexibility index (Phi) is 2.84. The van der Waals surface area contributed by atoms with Crippen LogP contribution in [0.5, 0.6) is 0 Å². The Bertz CT molecular complexity index is 145. The minimum atomic E-state index is 0.224. The van der Waals surface area contributed by atoms with Crippen molar-refractivity contribution in [2.45, 2.75) is 12.8 Å². The molecular weight excluding hydrogens is 144 g/mol. The molecule has 2 N–H and O–H groups in total. The average molecular weight is 158 g/mol. The molecule has 0 aromatic carbocycles. The summed E-state index contributed by atoms with van der Waals surface area (Å²) in [7, 11) is 1.78. The highest BCUT2D eigenvalue weighted by molar-refractivity contribution is 5.80. The minimum Gasteiger partial charge on any atom is -0.343 e. The van der Waals surface area contributed by atoms with Gasteiger partial charge in [-0.05, 0) is 12.8 Å². The lowest BCUT2D eigenvalue weighted by atomic mass is 10.3. The van der Waals surface area contributed by atoms with E-state index in [4.69, 9.17) is 5.90 Å². The summed E-state index contributed by atoms with van der Waals surface area (Å²) < 4.78 is 0. The second-order valence-electron chi connectivity index (χ2n) is 2.90. The zero-order chi connectivity index (χ0) is 8.27. The Morgan fingerprint density at radius 1 is 1.73 bits per heavy atom. The molecule has 0 bridgehead atoms. The van der Waals surface area contributed by atoms with Crippen LogP contribution in [0.3, 0.4) is 0 Å². The zero-order valence-corrected chi connectivity index (χ0v) is 6.75. The minimum absolute atomic E-state index is 0.224. The predicted molar refractivity (Wildman–Crippen MR) is 40.5 cm³/mol. The fourth-order valence-electron chi connectivity index (χ4n) is 0.942. The number of likely N-dealkylation sites (N-methyl/N-ethyl adjacent to an activating group) is 1. The summed E-state index contributed by atoms with van der Waals surface area (Å²) in [5, 5.41) is 0. The summed E-state index contributed by atoms with van der Waals surface area (Å²) in [5.41, 5.74) is 0. The van der Waals surface area contributed by atoms with Crippen molar-refractivity contribution < 1.29 is 9.63 Å². The molecular formula is C7H14N2O2. The topological polar surface area (TPSA) is 55.6 Å².